The molecular weight excluding hydrogens is 188 g/mol. The number of hydrogen-bond acceptors (Lipinski definition) is 3. The van der Waals surface area contributed by atoms with E-state index in [0.717, 1.165) is 26.1 Å². The third-order valence-electron chi connectivity index (χ3n) is 3.12. The van der Waals surface area contributed by atoms with Crippen LogP contribution in [0.3, 0.4) is 0 Å². The molecule has 0 saturated heterocycles. The van der Waals surface area contributed by atoms with Gasteiger partial charge in [0.05, 0.1) is 6.61 Å². The Morgan fingerprint density at radius 1 is 1.27 bits per heavy atom. The smallest absolute Gasteiger partial charge is 0.0589 e. The van der Waals surface area contributed by atoms with Gasteiger partial charge in [-0.15, -0.1) is 0 Å². The normalized spacial score (nSPS) is 13.8. The maximum absolute atomic E-state index is 5.62. The molecule has 0 aromatic carbocycles. The molecule has 0 fully saturated rings. The van der Waals surface area contributed by atoms with Gasteiger partial charge >= 0.3 is 0 Å². The van der Waals surface area contributed by atoms with Crippen LogP contribution in [0.4, 0.5) is 0 Å². The van der Waals surface area contributed by atoms with Crippen LogP contribution >= 0.6 is 0 Å². The van der Waals surface area contributed by atoms with Crippen LogP contribution in [0.2, 0.25) is 0 Å². The predicted octanol–water partition coefficient (Wildman–Crippen LogP) is 1.86. The molecule has 0 aliphatic heterocycles. The van der Waals surface area contributed by atoms with Crippen LogP contribution in [0.5, 0.6) is 0 Å². The van der Waals surface area contributed by atoms with Crippen LogP contribution in [0.15, 0.2) is 0 Å². The second-order valence-electron chi connectivity index (χ2n) is 4.13. The van der Waals surface area contributed by atoms with Crippen LogP contribution in [0.25, 0.3) is 0 Å². The largest absolute Gasteiger partial charge is 0.383 e. The van der Waals surface area contributed by atoms with E-state index in [4.69, 9.17) is 10.5 Å². The summed E-state index contributed by atoms with van der Waals surface area (Å²) in [6, 6.07) is 1.23. The highest BCUT2D eigenvalue weighted by Gasteiger charge is 2.19. The van der Waals surface area contributed by atoms with Crippen LogP contribution < -0.4 is 5.73 Å². The van der Waals surface area contributed by atoms with Crippen LogP contribution in [-0.4, -0.2) is 43.8 Å². The first-order valence-electron chi connectivity index (χ1n) is 6.15. The fourth-order valence-corrected chi connectivity index (χ4v) is 2.12. The summed E-state index contributed by atoms with van der Waals surface area (Å²) in [4.78, 5) is 2.54. The molecule has 0 aliphatic carbocycles. The quantitative estimate of drug-likeness (QED) is 0.639. The Morgan fingerprint density at radius 3 is 2.27 bits per heavy atom. The predicted molar refractivity (Wildman–Crippen MR) is 66.1 cm³/mol. The summed E-state index contributed by atoms with van der Waals surface area (Å²) in [5.74, 6) is 0. The van der Waals surface area contributed by atoms with Crippen molar-refractivity contribution in [2.75, 3.05) is 26.8 Å². The fourth-order valence-electron chi connectivity index (χ4n) is 2.12. The number of methoxy groups -OCH3 is 1. The average Bonchev–Trinajstić information content (AvgIpc) is 2.24. The Bertz CT molecular complexity index is 138. The number of ether oxygens (including phenoxy) is 1. The van der Waals surface area contributed by atoms with Crippen molar-refractivity contribution in [2.45, 2.75) is 52.1 Å². The maximum Gasteiger partial charge on any atom is 0.0589 e. The molecule has 2 N–H and O–H groups in total. The molecular formula is C12H28N2O. The van der Waals surface area contributed by atoms with E-state index in [1.54, 1.807) is 7.11 Å². The molecule has 0 aromatic heterocycles. The molecule has 0 aromatic rings. The Kier molecular flexibility index (Phi) is 9.06. The summed E-state index contributed by atoms with van der Waals surface area (Å²) in [7, 11) is 1.76. The van der Waals surface area contributed by atoms with E-state index in [0.29, 0.717) is 12.1 Å². The molecule has 0 heterocycles. The van der Waals surface area contributed by atoms with Gasteiger partial charge in [-0.1, -0.05) is 13.8 Å². The van der Waals surface area contributed by atoms with Crippen LogP contribution in [0, 0.1) is 0 Å². The molecule has 0 aliphatic rings. The van der Waals surface area contributed by atoms with Gasteiger partial charge in [-0.25, -0.2) is 0 Å². The highest BCUT2D eigenvalue weighted by molar-refractivity contribution is 4.75. The minimum Gasteiger partial charge on any atom is -0.383 e. The zero-order chi connectivity index (χ0) is 11.7. The van der Waals surface area contributed by atoms with E-state index in [1.807, 2.05) is 0 Å². The molecule has 0 bridgehead atoms. The van der Waals surface area contributed by atoms with Gasteiger partial charge in [0.2, 0.25) is 0 Å². The number of hydrogen-bond donors (Lipinski definition) is 1. The van der Waals surface area contributed by atoms with Crippen molar-refractivity contribution in [2.24, 2.45) is 5.73 Å². The van der Waals surface area contributed by atoms with Crippen molar-refractivity contribution in [1.29, 1.82) is 0 Å². The summed E-state index contributed by atoms with van der Waals surface area (Å²) in [5, 5.41) is 0. The van der Waals surface area contributed by atoms with E-state index < -0.39 is 0 Å². The Hall–Kier alpha value is -0.120. The summed E-state index contributed by atoms with van der Waals surface area (Å²) >= 11 is 0. The van der Waals surface area contributed by atoms with Crippen molar-refractivity contribution in [3.8, 4) is 0 Å². The van der Waals surface area contributed by atoms with Gasteiger partial charge in [0.1, 0.15) is 0 Å². The van der Waals surface area contributed by atoms with E-state index >= 15 is 0 Å². The second-order valence-corrected chi connectivity index (χ2v) is 4.13. The molecule has 0 amide bonds. The van der Waals surface area contributed by atoms with Gasteiger partial charge in [0.25, 0.3) is 0 Å². The van der Waals surface area contributed by atoms with Gasteiger partial charge in [0, 0.05) is 25.7 Å². The number of nitrogens with zero attached hydrogens (tertiary/aromatic N) is 1. The lowest BCUT2D eigenvalue weighted by Crippen LogP contribution is -2.44. The van der Waals surface area contributed by atoms with Crippen molar-refractivity contribution in [3.05, 3.63) is 0 Å². The summed E-state index contributed by atoms with van der Waals surface area (Å²) in [6.45, 7) is 9.37. The Balaban J connectivity index is 4.25. The highest BCUT2D eigenvalue weighted by Crippen LogP contribution is 2.14. The topological polar surface area (TPSA) is 38.5 Å². The third kappa shape index (κ3) is 5.50. The molecule has 1 unspecified atom stereocenters. The van der Waals surface area contributed by atoms with E-state index in [1.165, 1.54) is 12.8 Å². The van der Waals surface area contributed by atoms with Crippen molar-refractivity contribution in [3.63, 3.8) is 0 Å². The van der Waals surface area contributed by atoms with E-state index in [2.05, 4.69) is 25.7 Å². The van der Waals surface area contributed by atoms with Gasteiger partial charge in [0.15, 0.2) is 0 Å². The van der Waals surface area contributed by atoms with Gasteiger partial charge in [-0.05, 0) is 32.7 Å². The first-order valence-corrected chi connectivity index (χ1v) is 6.15. The molecule has 0 rings (SSSR count). The molecule has 0 spiro atoms. The van der Waals surface area contributed by atoms with Crippen LogP contribution in [-0.2, 0) is 4.74 Å². The fraction of sp³-hybridized carbons (Fsp3) is 1.00. The van der Waals surface area contributed by atoms with Gasteiger partial charge in [-0.3, -0.25) is 4.90 Å². The van der Waals surface area contributed by atoms with E-state index in [-0.39, 0.29) is 0 Å². The minimum atomic E-state index is 0.565. The summed E-state index contributed by atoms with van der Waals surface area (Å²) in [5.41, 5.74) is 5.62. The zero-order valence-corrected chi connectivity index (χ0v) is 10.8. The molecule has 0 radical (unpaired) electrons. The average molecular weight is 216 g/mol. The first-order chi connectivity index (χ1) is 7.21. The van der Waals surface area contributed by atoms with Crippen molar-refractivity contribution >= 4 is 0 Å². The van der Waals surface area contributed by atoms with Crippen molar-refractivity contribution in [1.82, 2.24) is 4.90 Å². The standard InChI is InChI=1S/C12H28N2O/c1-5-12(6-2)14(9-10-15-4)11(3)7-8-13/h11-12H,5-10,13H2,1-4H3. The lowest BCUT2D eigenvalue weighted by Gasteiger charge is -2.35. The van der Waals surface area contributed by atoms with E-state index in [9.17, 15) is 0 Å². The molecule has 0 saturated carbocycles. The molecule has 3 heteroatoms. The van der Waals surface area contributed by atoms with Crippen molar-refractivity contribution < 1.29 is 4.74 Å². The Morgan fingerprint density at radius 2 is 1.87 bits per heavy atom. The van der Waals surface area contributed by atoms with Gasteiger partial charge < -0.3 is 10.5 Å². The van der Waals surface area contributed by atoms with Gasteiger partial charge in [-0.2, -0.15) is 0 Å². The molecule has 1 atom stereocenters. The number of nitrogens with two attached hydrogens (primary N) is 1. The SMILES string of the molecule is CCC(CC)N(CCOC)C(C)CCN. The lowest BCUT2D eigenvalue weighted by atomic mass is 10.1. The zero-order valence-electron chi connectivity index (χ0n) is 10.8. The second kappa shape index (κ2) is 9.13. The Labute approximate surface area is 95.0 Å². The minimum absolute atomic E-state index is 0.565. The summed E-state index contributed by atoms with van der Waals surface area (Å²) in [6.07, 6.45) is 3.48. The highest BCUT2D eigenvalue weighted by atomic mass is 16.5. The molecule has 3 nitrogen and oxygen atoms in total. The molecule has 92 valence electrons. The van der Waals surface area contributed by atoms with Crippen LogP contribution in [0.1, 0.15) is 40.0 Å². The lowest BCUT2D eigenvalue weighted by molar-refractivity contribution is 0.0831. The third-order valence-corrected chi connectivity index (χ3v) is 3.12. The molecule has 15 heavy (non-hydrogen) atoms. The number of rotatable bonds is 9. The monoisotopic (exact) mass is 216 g/mol. The maximum atomic E-state index is 5.62. The first kappa shape index (κ1) is 14.9. The summed E-state index contributed by atoms with van der Waals surface area (Å²) < 4.78 is 5.17.